The van der Waals surface area contributed by atoms with Gasteiger partial charge in [0.15, 0.2) is 34.9 Å². The molecule has 512 valence electrons. The number of fused-ring (bicyclic) bond motifs is 12. The number of hydrogen-bond acceptors (Lipinski definition) is 8. The second kappa shape index (κ2) is 26.6. The van der Waals surface area contributed by atoms with Gasteiger partial charge in [-0.15, -0.1) is 0 Å². The largest absolute Gasteiger partial charge is 0.456 e. The Hall–Kier alpha value is -14.9. The van der Waals surface area contributed by atoms with Crippen LogP contribution in [0.5, 0.6) is 0 Å². The molecule has 22 aromatic rings. The fourth-order valence-electron chi connectivity index (χ4n) is 16.2. The molecule has 0 bridgehead atoms. The normalized spacial score (nSPS) is 11.6. The lowest BCUT2D eigenvalue weighted by atomic mass is 9.92. The molecule has 0 radical (unpaired) electrons. The van der Waals surface area contributed by atoms with E-state index in [1.165, 1.54) is 32.7 Å². The fraction of sp³-hybridized carbons (Fsp3) is 0. The van der Waals surface area contributed by atoms with Gasteiger partial charge in [0.1, 0.15) is 22.3 Å². The molecule has 0 spiro atoms. The second-order valence-corrected chi connectivity index (χ2v) is 27.9. The number of benzene rings is 18. The summed E-state index contributed by atoms with van der Waals surface area (Å²) in [5.74, 6) is 3.78. The molecule has 4 aromatic heterocycles. The quantitative estimate of drug-likeness (QED) is 0.133. The van der Waals surface area contributed by atoms with Gasteiger partial charge in [0.25, 0.3) is 0 Å². The summed E-state index contributed by atoms with van der Waals surface area (Å²) in [6.45, 7) is 0. The maximum atomic E-state index is 6.51. The van der Waals surface area contributed by atoms with E-state index in [4.69, 9.17) is 38.7 Å². The minimum atomic E-state index is 0.614. The second-order valence-electron chi connectivity index (χ2n) is 27.9. The van der Waals surface area contributed by atoms with E-state index in [1.54, 1.807) is 0 Å². The molecule has 0 unspecified atom stereocenters. The Morgan fingerprint density at radius 3 is 1.01 bits per heavy atom. The average Bonchev–Trinajstić information content (AvgIpc) is 1.44. The Morgan fingerprint density at radius 1 is 0.145 bits per heavy atom. The van der Waals surface area contributed by atoms with Gasteiger partial charge in [-0.3, -0.25) is 0 Å². The standard InChI is InChI=1S/C57H35N3O.C45H27N3O/c1-2-13-36(14-3-1)38-25-28-39(29-26-38)44-19-8-11-22-49(44)56-58-55(43-30-27-37-15-4-5-16-40(37)33-43)59-57(60-56)50-32-31-47(45-20-9-10-21-46(45)50)48-23-12-24-52-54(48)51-34-41-17-6-7-18-42(41)35-53(51)61-52;1-2-13-29(14-3-1)43-46-44(37-22-10-17-28-12-6-7-18-32(28)37)48-45(47-43)38-25-24-35(33-19-8-9-20-34(33)38)36-21-11-23-40-42(36)39-26-30-15-4-5-16-31(30)27-41(39)49-40/h1-35H;1-27H. The van der Waals surface area contributed by atoms with Crippen LogP contribution in [0.2, 0.25) is 0 Å². The zero-order chi connectivity index (χ0) is 72.6. The van der Waals surface area contributed by atoms with E-state index in [1.807, 2.05) is 36.4 Å². The summed E-state index contributed by atoms with van der Waals surface area (Å²) >= 11 is 0. The van der Waals surface area contributed by atoms with Crippen molar-refractivity contribution in [3.8, 4) is 113 Å². The summed E-state index contributed by atoms with van der Waals surface area (Å²) < 4.78 is 12.9. The van der Waals surface area contributed by atoms with Gasteiger partial charge >= 0.3 is 0 Å². The molecule has 0 aliphatic heterocycles. The Morgan fingerprint density at radius 2 is 0.473 bits per heavy atom. The molecule has 0 atom stereocenters. The maximum absolute atomic E-state index is 6.51. The van der Waals surface area contributed by atoms with E-state index in [-0.39, 0.29) is 0 Å². The van der Waals surface area contributed by atoms with Crippen LogP contribution in [-0.2, 0) is 0 Å². The van der Waals surface area contributed by atoms with Gasteiger partial charge in [-0.1, -0.05) is 322 Å². The summed E-state index contributed by atoms with van der Waals surface area (Å²) in [7, 11) is 0. The minimum absolute atomic E-state index is 0.614. The van der Waals surface area contributed by atoms with Crippen molar-refractivity contribution in [2.24, 2.45) is 0 Å². The van der Waals surface area contributed by atoms with Gasteiger partial charge < -0.3 is 8.83 Å². The topological polar surface area (TPSA) is 104 Å². The lowest BCUT2D eigenvalue weighted by molar-refractivity contribution is 0.669. The molecule has 8 nitrogen and oxygen atoms in total. The van der Waals surface area contributed by atoms with Crippen LogP contribution < -0.4 is 0 Å². The molecule has 22 rings (SSSR count). The van der Waals surface area contributed by atoms with Crippen LogP contribution in [0.15, 0.2) is 385 Å². The number of furan rings is 2. The molecule has 18 aromatic carbocycles. The number of nitrogens with zero attached hydrogens (tertiary/aromatic N) is 6. The van der Waals surface area contributed by atoms with Gasteiger partial charge in [0, 0.05) is 54.9 Å². The predicted octanol–water partition coefficient (Wildman–Crippen LogP) is 27.1. The monoisotopic (exact) mass is 1400 g/mol. The summed E-state index contributed by atoms with van der Waals surface area (Å²) in [4.78, 5) is 31.2. The SMILES string of the molecule is c1ccc(-c2ccc(-c3ccccc3-c3nc(-c4ccc5ccccc5c4)nc(-c4ccc(-c5cccc6oc7cc8ccccc8cc7c56)c5ccccc45)n3)cc2)cc1.c1ccc(-c2nc(-c3cccc4ccccc34)nc(-c3ccc(-c4cccc5oc6cc7ccccc7cc6c45)c4ccccc34)n2)cc1. The average molecular weight is 1400 g/mol. The fourth-order valence-corrected chi connectivity index (χ4v) is 16.2. The molecule has 4 heterocycles. The summed E-state index contributed by atoms with van der Waals surface area (Å²) in [5.41, 5.74) is 18.2. The zero-order valence-corrected chi connectivity index (χ0v) is 59.3. The first kappa shape index (κ1) is 63.6. The highest BCUT2D eigenvalue weighted by Gasteiger charge is 2.24. The van der Waals surface area contributed by atoms with Crippen molar-refractivity contribution in [3.63, 3.8) is 0 Å². The van der Waals surface area contributed by atoms with E-state index in [0.29, 0.717) is 34.9 Å². The number of rotatable bonds is 10. The van der Waals surface area contributed by atoms with Crippen molar-refractivity contribution in [1.29, 1.82) is 0 Å². The van der Waals surface area contributed by atoms with Gasteiger partial charge in [-0.05, 0) is 164 Å². The van der Waals surface area contributed by atoms with E-state index in [2.05, 4.69) is 340 Å². The third-order valence-corrected chi connectivity index (χ3v) is 21.4. The van der Waals surface area contributed by atoms with Crippen molar-refractivity contribution < 1.29 is 8.83 Å². The van der Waals surface area contributed by atoms with Crippen molar-refractivity contribution in [1.82, 2.24) is 29.9 Å². The predicted molar refractivity (Wildman–Crippen MR) is 454 cm³/mol. The van der Waals surface area contributed by atoms with Gasteiger partial charge in [0.05, 0.1) is 0 Å². The summed E-state index contributed by atoms with van der Waals surface area (Å²) in [5, 5.41) is 18.1. The molecule has 0 fully saturated rings. The molecular formula is C102H62N6O2. The Labute approximate surface area is 632 Å². The molecule has 0 saturated heterocycles. The maximum Gasteiger partial charge on any atom is 0.164 e. The van der Waals surface area contributed by atoms with Crippen LogP contribution >= 0.6 is 0 Å². The highest BCUT2D eigenvalue weighted by Crippen LogP contribution is 2.46. The van der Waals surface area contributed by atoms with Crippen LogP contribution in [0.4, 0.5) is 0 Å². The first-order chi connectivity index (χ1) is 54.5. The van der Waals surface area contributed by atoms with Crippen molar-refractivity contribution in [2.75, 3.05) is 0 Å². The highest BCUT2D eigenvalue weighted by atomic mass is 16.3. The summed E-state index contributed by atoms with van der Waals surface area (Å²) in [6.07, 6.45) is 0. The Kier molecular flexibility index (Phi) is 15.4. The van der Waals surface area contributed by atoms with Gasteiger partial charge in [0.2, 0.25) is 0 Å². The van der Waals surface area contributed by atoms with Crippen LogP contribution in [0, 0.1) is 0 Å². The minimum Gasteiger partial charge on any atom is -0.456 e. The lowest BCUT2D eigenvalue weighted by Gasteiger charge is -2.15. The van der Waals surface area contributed by atoms with E-state index in [0.717, 1.165) is 154 Å². The van der Waals surface area contributed by atoms with E-state index >= 15 is 0 Å². The number of hydrogen-bond donors (Lipinski definition) is 0. The molecule has 0 N–H and O–H groups in total. The van der Waals surface area contributed by atoms with Crippen molar-refractivity contribution in [2.45, 2.75) is 0 Å². The van der Waals surface area contributed by atoms with Crippen LogP contribution in [0.1, 0.15) is 0 Å². The third kappa shape index (κ3) is 11.2. The van der Waals surface area contributed by atoms with Crippen molar-refractivity contribution >= 4 is 109 Å². The zero-order valence-electron chi connectivity index (χ0n) is 59.3. The van der Waals surface area contributed by atoms with Gasteiger partial charge in [-0.25, -0.2) is 29.9 Å². The Balaban J connectivity index is 0.000000143. The summed E-state index contributed by atoms with van der Waals surface area (Å²) in [6, 6.07) is 131. The highest BCUT2D eigenvalue weighted by molar-refractivity contribution is 6.20. The molecule has 0 aliphatic carbocycles. The third-order valence-electron chi connectivity index (χ3n) is 21.4. The van der Waals surface area contributed by atoms with E-state index in [9.17, 15) is 0 Å². The van der Waals surface area contributed by atoms with Crippen LogP contribution in [0.25, 0.3) is 221 Å². The molecule has 0 amide bonds. The van der Waals surface area contributed by atoms with Crippen molar-refractivity contribution in [3.05, 3.63) is 376 Å². The lowest BCUT2D eigenvalue weighted by Crippen LogP contribution is -2.01. The van der Waals surface area contributed by atoms with Crippen LogP contribution in [-0.4, -0.2) is 29.9 Å². The molecular weight excluding hydrogens is 1340 g/mol. The molecule has 0 aliphatic rings. The first-order valence-electron chi connectivity index (χ1n) is 37.0. The van der Waals surface area contributed by atoms with Crippen LogP contribution in [0.3, 0.4) is 0 Å². The van der Waals surface area contributed by atoms with Gasteiger partial charge in [-0.2, -0.15) is 0 Å². The molecule has 0 saturated carbocycles. The van der Waals surface area contributed by atoms with E-state index < -0.39 is 0 Å². The number of aromatic nitrogens is 6. The first-order valence-corrected chi connectivity index (χ1v) is 37.0. The molecule has 8 heteroatoms. The molecule has 110 heavy (non-hydrogen) atoms. The smallest absolute Gasteiger partial charge is 0.164 e. The Bertz CT molecular complexity index is 7410.